The summed E-state index contributed by atoms with van der Waals surface area (Å²) in [5, 5.41) is 2.90. The van der Waals surface area contributed by atoms with Crippen LogP contribution in [0.15, 0.2) is 48.5 Å². The number of hydrogen-bond acceptors (Lipinski definition) is 4. The van der Waals surface area contributed by atoms with Crippen LogP contribution in [-0.2, 0) is 22.5 Å². The van der Waals surface area contributed by atoms with Gasteiger partial charge in [0.15, 0.2) is 0 Å². The van der Waals surface area contributed by atoms with Crippen LogP contribution in [0.3, 0.4) is 0 Å². The summed E-state index contributed by atoms with van der Waals surface area (Å²) in [5.41, 5.74) is 3.48. The fourth-order valence-corrected chi connectivity index (χ4v) is 2.48. The lowest BCUT2D eigenvalue weighted by Gasteiger charge is -2.11. The summed E-state index contributed by atoms with van der Waals surface area (Å²) in [4.78, 5) is 25.6. The first-order chi connectivity index (χ1) is 12.0. The Morgan fingerprint density at radius 1 is 1.04 bits per heavy atom. The molecule has 0 aliphatic carbocycles. The molecule has 0 aromatic heterocycles. The van der Waals surface area contributed by atoms with Crippen LogP contribution >= 0.6 is 0 Å². The molecule has 0 aliphatic heterocycles. The highest BCUT2D eigenvalue weighted by Gasteiger charge is 2.08. The maximum absolute atomic E-state index is 12.4. The van der Waals surface area contributed by atoms with Crippen LogP contribution in [0.25, 0.3) is 0 Å². The largest absolute Gasteiger partial charge is 0.469 e. The number of esters is 1. The summed E-state index contributed by atoms with van der Waals surface area (Å²) >= 11 is 0. The van der Waals surface area contributed by atoms with E-state index < -0.39 is 0 Å². The van der Waals surface area contributed by atoms with Crippen molar-refractivity contribution in [1.29, 1.82) is 0 Å². The van der Waals surface area contributed by atoms with Gasteiger partial charge in [0.1, 0.15) is 0 Å². The maximum Gasteiger partial charge on any atom is 0.305 e. The molecule has 1 N–H and O–H groups in total. The van der Waals surface area contributed by atoms with Crippen LogP contribution < -0.4 is 5.32 Å². The predicted octanol–water partition coefficient (Wildman–Crippen LogP) is 3.11. The minimum absolute atomic E-state index is 0.136. The Morgan fingerprint density at radius 2 is 1.76 bits per heavy atom. The molecule has 0 unspecified atom stereocenters. The maximum atomic E-state index is 12.4. The molecule has 5 heteroatoms. The van der Waals surface area contributed by atoms with Gasteiger partial charge in [-0.1, -0.05) is 24.3 Å². The van der Waals surface area contributed by atoms with Crippen molar-refractivity contribution in [1.82, 2.24) is 4.90 Å². The third-order valence-electron chi connectivity index (χ3n) is 3.75. The van der Waals surface area contributed by atoms with Gasteiger partial charge in [0.2, 0.25) is 0 Å². The van der Waals surface area contributed by atoms with Crippen LogP contribution in [0.4, 0.5) is 5.69 Å². The fraction of sp³-hybridized carbons (Fsp3) is 0.300. The number of methoxy groups -OCH3 is 1. The van der Waals surface area contributed by atoms with Gasteiger partial charge in [-0.25, -0.2) is 0 Å². The lowest BCUT2D eigenvalue weighted by atomic mass is 10.1. The molecule has 0 fully saturated rings. The summed E-state index contributed by atoms with van der Waals surface area (Å²) in [6, 6.07) is 15.1. The SMILES string of the molecule is COC(=O)CCc1ccc(NC(=O)c2cccc(CN(C)C)c2)cc1. The number of nitrogens with zero attached hydrogens (tertiary/aromatic N) is 1. The van der Waals surface area contributed by atoms with E-state index in [-0.39, 0.29) is 11.9 Å². The number of anilines is 1. The van der Waals surface area contributed by atoms with Crippen molar-refractivity contribution in [3.05, 3.63) is 65.2 Å². The zero-order valence-corrected chi connectivity index (χ0v) is 14.9. The lowest BCUT2D eigenvalue weighted by molar-refractivity contribution is -0.140. The molecule has 5 nitrogen and oxygen atoms in total. The Labute approximate surface area is 148 Å². The highest BCUT2D eigenvalue weighted by molar-refractivity contribution is 6.04. The first kappa shape index (κ1) is 18.7. The highest BCUT2D eigenvalue weighted by atomic mass is 16.5. The monoisotopic (exact) mass is 340 g/mol. The quantitative estimate of drug-likeness (QED) is 0.787. The number of carbonyl (C=O) groups is 2. The number of carbonyl (C=O) groups excluding carboxylic acids is 2. The van der Waals surface area contributed by atoms with E-state index in [1.165, 1.54) is 7.11 Å². The number of hydrogen-bond donors (Lipinski definition) is 1. The first-order valence-electron chi connectivity index (χ1n) is 8.18. The van der Waals surface area contributed by atoms with E-state index in [2.05, 4.69) is 15.0 Å². The minimum Gasteiger partial charge on any atom is -0.469 e. The highest BCUT2D eigenvalue weighted by Crippen LogP contribution is 2.14. The summed E-state index contributed by atoms with van der Waals surface area (Å²) < 4.78 is 4.63. The molecule has 2 aromatic rings. The Bertz CT molecular complexity index is 724. The van der Waals surface area contributed by atoms with E-state index in [1.54, 1.807) is 6.07 Å². The van der Waals surface area contributed by atoms with Gasteiger partial charge in [-0.3, -0.25) is 9.59 Å². The normalized spacial score (nSPS) is 10.6. The third-order valence-corrected chi connectivity index (χ3v) is 3.75. The number of rotatable bonds is 7. The summed E-state index contributed by atoms with van der Waals surface area (Å²) in [7, 11) is 5.37. The van der Waals surface area contributed by atoms with Gasteiger partial charge in [0.05, 0.1) is 7.11 Å². The van der Waals surface area contributed by atoms with Gasteiger partial charge in [0, 0.05) is 24.2 Å². The number of ether oxygens (including phenoxy) is 1. The minimum atomic E-state index is -0.227. The van der Waals surface area contributed by atoms with E-state index in [9.17, 15) is 9.59 Å². The molecule has 25 heavy (non-hydrogen) atoms. The van der Waals surface area contributed by atoms with Crippen molar-refractivity contribution >= 4 is 17.6 Å². The van der Waals surface area contributed by atoms with Crippen LogP contribution in [0, 0.1) is 0 Å². The fourth-order valence-electron chi connectivity index (χ4n) is 2.48. The molecule has 2 rings (SSSR count). The molecule has 0 bridgehead atoms. The molecule has 0 saturated heterocycles. The molecular formula is C20H24N2O3. The number of nitrogens with one attached hydrogen (secondary N) is 1. The van der Waals surface area contributed by atoms with E-state index in [1.807, 2.05) is 56.6 Å². The Balaban J connectivity index is 1.97. The standard InChI is InChI=1S/C20H24N2O3/c1-22(2)14-16-5-4-6-17(13-16)20(24)21-18-10-7-15(8-11-18)9-12-19(23)25-3/h4-8,10-11,13H,9,12,14H2,1-3H3,(H,21,24). The van der Waals surface area contributed by atoms with E-state index >= 15 is 0 Å². The second-order valence-corrected chi connectivity index (χ2v) is 6.17. The van der Waals surface area contributed by atoms with Gasteiger partial charge in [-0.05, 0) is 55.9 Å². The Morgan fingerprint density at radius 3 is 2.40 bits per heavy atom. The average Bonchev–Trinajstić information content (AvgIpc) is 2.60. The number of benzene rings is 2. The Kier molecular flexibility index (Phi) is 6.71. The van der Waals surface area contributed by atoms with Gasteiger partial charge >= 0.3 is 5.97 Å². The van der Waals surface area contributed by atoms with E-state index in [0.29, 0.717) is 18.4 Å². The van der Waals surface area contributed by atoms with Crippen molar-refractivity contribution in [3.63, 3.8) is 0 Å². The topological polar surface area (TPSA) is 58.6 Å². The molecule has 132 valence electrons. The summed E-state index contributed by atoms with van der Waals surface area (Å²) in [6.07, 6.45) is 0.967. The van der Waals surface area contributed by atoms with Gasteiger partial charge < -0.3 is 15.0 Å². The third kappa shape index (κ3) is 6.04. The van der Waals surface area contributed by atoms with Crippen LogP contribution in [0.5, 0.6) is 0 Å². The number of aryl methyl sites for hydroxylation is 1. The van der Waals surface area contributed by atoms with Crippen LogP contribution in [-0.4, -0.2) is 38.0 Å². The molecule has 0 atom stereocenters. The van der Waals surface area contributed by atoms with Crippen LogP contribution in [0.1, 0.15) is 27.9 Å². The van der Waals surface area contributed by atoms with E-state index in [4.69, 9.17) is 0 Å². The van der Waals surface area contributed by atoms with Gasteiger partial charge in [0.25, 0.3) is 5.91 Å². The molecule has 1 amide bonds. The average molecular weight is 340 g/mol. The van der Waals surface area contributed by atoms with Gasteiger partial charge in [-0.15, -0.1) is 0 Å². The van der Waals surface area contributed by atoms with Crippen molar-refractivity contribution < 1.29 is 14.3 Å². The summed E-state index contributed by atoms with van der Waals surface area (Å²) in [5.74, 6) is -0.363. The molecule has 0 aliphatic rings. The Hall–Kier alpha value is -2.66. The smallest absolute Gasteiger partial charge is 0.305 e. The molecular weight excluding hydrogens is 316 g/mol. The zero-order valence-electron chi connectivity index (χ0n) is 14.9. The second kappa shape index (κ2) is 8.99. The molecule has 0 radical (unpaired) electrons. The molecule has 0 spiro atoms. The number of amides is 1. The second-order valence-electron chi connectivity index (χ2n) is 6.17. The summed E-state index contributed by atoms with van der Waals surface area (Å²) in [6.45, 7) is 0.788. The van der Waals surface area contributed by atoms with Crippen molar-refractivity contribution in [2.45, 2.75) is 19.4 Å². The molecule has 0 heterocycles. The van der Waals surface area contributed by atoms with Crippen molar-refractivity contribution in [3.8, 4) is 0 Å². The van der Waals surface area contributed by atoms with Crippen molar-refractivity contribution in [2.24, 2.45) is 0 Å². The molecule has 0 saturated carbocycles. The predicted molar refractivity (Wildman–Crippen MR) is 98.6 cm³/mol. The lowest BCUT2D eigenvalue weighted by Crippen LogP contribution is -2.14. The zero-order chi connectivity index (χ0) is 18.2. The first-order valence-corrected chi connectivity index (χ1v) is 8.18. The van der Waals surface area contributed by atoms with Gasteiger partial charge in [-0.2, -0.15) is 0 Å². The van der Waals surface area contributed by atoms with Crippen molar-refractivity contribution in [2.75, 3.05) is 26.5 Å². The van der Waals surface area contributed by atoms with Crippen LogP contribution in [0.2, 0.25) is 0 Å². The molecule has 2 aromatic carbocycles. The van der Waals surface area contributed by atoms with E-state index in [0.717, 1.165) is 23.4 Å².